The van der Waals surface area contributed by atoms with Crippen molar-refractivity contribution in [1.29, 1.82) is 0 Å². The van der Waals surface area contributed by atoms with Crippen LogP contribution in [-0.4, -0.2) is 5.97 Å². The molecule has 0 radical (unpaired) electrons. The summed E-state index contributed by atoms with van der Waals surface area (Å²) < 4.78 is 0. The molecule has 0 aromatic carbocycles. The molecule has 3 heteroatoms. The van der Waals surface area contributed by atoms with Crippen LogP contribution in [0.2, 0.25) is 0 Å². The molecule has 0 bridgehead atoms. The molecule has 3 nitrogen and oxygen atoms in total. The van der Waals surface area contributed by atoms with Crippen molar-refractivity contribution in [2.75, 3.05) is 0 Å². The van der Waals surface area contributed by atoms with E-state index >= 15 is 0 Å². The van der Waals surface area contributed by atoms with Crippen molar-refractivity contribution in [3.05, 3.63) is 0 Å². The Kier molecular flexibility index (Phi) is 3.52. The molecule has 0 heterocycles. The standard InChI is InChI=1S/C8H17NO2/c1-6(8(2,3)4)5-7(10)11-9/h6H,5,9H2,1-4H3/t6-/m1/s1. The molecule has 0 fully saturated rings. The van der Waals surface area contributed by atoms with Gasteiger partial charge in [0.1, 0.15) is 0 Å². The molecule has 0 amide bonds. The van der Waals surface area contributed by atoms with E-state index in [2.05, 4.69) is 25.6 Å². The molecule has 11 heavy (non-hydrogen) atoms. The van der Waals surface area contributed by atoms with Gasteiger partial charge in [-0.1, -0.05) is 27.7 Å². The number of carbonyl (C=O) groups excluding carboxylic acids is 1. The lowest BCUT2D eigenvalue weighted by Gasteiger charge is -2.25. The first-order valence-corrected chi connectivity index (χ1v) is 3.77. The highest BCUT2D eigenvalue weighted by Crippen LogP contribution is 2.27. The van der Waals surface area contributed by atoms with Crippen LogP contribution in [0.4, 0.5) is 0 Å². The Hall–Kier alpha value is -0.570. The molecule has 0 rings (SSSR count). The predicted molar refractivity (Wildman–Crippen MR) is 43.5 cm³/mol. The quantitative estimate of drug-likeness (QED) is 0.621. The fourth-order valence-electron chi connectivity index (χ4n) is 0.604. The highest BCUT2D eigenvalue weighted by Gasteiger charge is 2.22. The molecule has 2 N–H and O–H groups in total. The smallest absolute Gasteiger partial charge is 0.324 e. The summed E-state index contributed by atoms with van der Waals surface area (Å²) in [5.74, 6) is 4.66. The number of hydrogen-bond donors (Lipinski definition) is 1. The average molecular weight is 159 g/mol. The zero-order valence-electron chi connectivity index (χ0n) is 7.68. The van der Waals surface area contributed by atoms with Crippen LogP contribution in [0.5, 0.6) is 0 Å². The fourth-order valence-corrected chi connectivity index (χ4v) is 0.604. The van der Waals surface area contributed by atoms with Crippen molar-refractivity contribution in [3.63, 3.8) is 0 Å². The van der Waals surface area contributed by atoms with Gasteiger partial charge >= 0.3 is 5.97 Å². The lowest BCUT2D eigenvalue weighted by atomic mass is 9.80. The van der Waals surface area contributed by atoms with Crippen LogP contribution in [-0.2, 0) is 9.63 Å². The van der Waals surface area contributed by atoms with Gasteiger partial charge in [-0.25, -0.2) is 0 Å². The number of carbonyl (C=O) groups is 1. The van der Waals surface area contributed by atoms with E-state index in [1.807, 2.05) is 6.92 Å². The molecule has 0 saturated carbocycles. The molecule has 0 aromatic rings. The Labute approximate surface area is 67.9 Å². The number of rotatable bonds is 2. The minimum absolute atomic E-state index is 0.133. The van der Waals surface area contributed by atoms with E-state index in [0.29, 0.717) is 12.3 Å². The van der Waals surface area contributed by atoms with Crippen molar-refractivity contribution < 1.29 is 9.63 Å². The molecule has 0 aromatic heterocycles. The van der Waals surface area contributed by atoms with Crippen LogP contribution >= 0.6 is 0 Å². The van der Waals surface area contributed by atoms with Crippen molar-refractivity contribution in [3.8, 4) is 0 Å². The molecule has 0 spiro atoms. The zero-order valence-corrected chi connectivity index (χ0v) is 7.68. The van der Waals surface area contributed by atoms with Gasteiger partial charge in [-0.2, -0.15) is 5.90 Å². The Morgan fingerprint density at radius 2 is 2.00 bits per heavy atom. The lowest BCUT2D eigenvalue weighted by molar-refractivity contribution is -0.146. The maximum Gasteiger partial charge on any atom is 0.324 e. The average Bonchev–Trinajstić information content (AvgIpc) is 1.85. The van der Waals surface area contributed by atoms with Crippen LogP contribution in [0.3, 0.4) is 0 Å². The highest BCUT2D eigenvalue weighted by molar-refractivity contribution is 5.69. The van der Waals surface area contributed by atoms with E-state index in [4.69, 9.17) is 5.90 Å². The Bertz CT molecular complexity index is 138. The topological polar surface area (TPSA) is 52.3 Å². The third kappa shape index (κ3) is 3.98. The normalized spacial score (nSPS) is 14.3. The Balaban J connectivity index is 3.87. The summed E-state index contributed by atoms with van der Waals surface area (Å²) in [6.45, 7) is 8.27. The summed E-state index contributed by atoms with van der Waals surface area (Å²) in [5, 5.41) is 0. The van der Waals surface area contributed by atoms with Gasteiger partial charge in [-0.05, 0) is 11.3 Å². The third-order valence-corrected chi connectivity index (χ3v) is 2.08. The molecule has 1 atom stereocenters. The van der Waals surface area contributed by atoms with Gasteiger partial charge in [-0.15, -0.1) is 0 Å². The highest BCUT2D eigenvalue weighted by atomic mass is 16.7. The summed E-state index contributed by atoms with van der Waals surface area (Å²) >= 11 is 0. The predicted octanol–water partition coefficient (Wildman–Crippen LogP) is 1.48. The SMILES string of the molecule is C[C@H](CC(=O)ON)C(C)(C)C. The molecule has 66 valence electrons. The fraction of sp³-hybridized carbons (Fsp3) is 0.875. The van der Waals surface area contributed by atoms with E-state index in [-0.39, 0.29) is 11.4 Å². The van der Waals surface area contributed by atoms with E-state index < -0.39 is 0 Å². The minimum Gasteiger partial charge on any atom is -0.373 e. The van der Waals surface area contributed by atoms with Gasteiger partial charge in [0.15, 0.2) is 0 Å². The summed E-state index contributed by atoms with van der Waals surface area (Å²) in [7, 11) is 0. The summed E-state index contributed by atoms with van der Waals surface area (Å²) in [6.07, 6.45) is 0.389. The van der Waals surface area contributed by atoms with Gasteiger partial charge in [0.25, 0.3) is 0 Å². The van der Waals surface area contributed by atoms with E-state index in [1.54, 1.807) is 0 Å². The molecule has 0 saturated heterocycles. The van der Waals surface area contributed by atoms with Crippen LogP contribution in [0.15, 0.2) is 0 Å². The molecular weight excluding hydrogens is 142 g/mol. The van der Waals surface area contributed by atoms with Crippen molar-refractivity contribution in [2.24, 2.45) is 17.2 Å². The van der Waals surface area contributed by atoms with Crippen LogP contribution in [0, 0.1) is 11.3 Å². The molecule has 0 aliphatic heterocycles. The molecule has 0 aliphatic carbocycles. The van der Waals surface area contributed by atoms with Crippen LogP contribution < -0.4 is 5.90 Å². The summed E-state index contributed by atoms with van der Waals surface area (Å²) in [6, 6.07) is 0. The van der Waals surface area contributed by atoms with Crippen LogP contribution in [0.1, 0.15) is 34.1 Å². The van der Waals surface area contributed by atoms with E-state index in [1.165, 1.54) is 0 Å². The second-order valence-corrected chi connectivity index (χ2v) is 3.96. The third-order valence-electron chi connectivity index (χ3n) is 2.08. The molecule has 0 unspecified atom stereocenters. The maximum atomic E-state index is 10.7. The monoisotopic (exact) mass is 159 g/mol. The van der Waals surface area contributed by atoms with Gasteiger partial charge in [0.05, 0.1) is 6.42 Å². The van der Waals surface area contributed by atoms with Crippen molar-refractivity contribution in [2.45, 2.75) is 34.1 Å². The van der Waals surface area contributed by atoms with Gasteiger partial charge in [0.2, 0.25) is 0 Å². The lowest BCUT2D eigenvalue weighted by Crippen LogP contribution is -2.22. The second kappa shape index (κ2) is 3.72. The second-order valence-electron chi connectivity index (χ2n) is 3.96. The van der Waals surface area contributed by atoms with Gasteiger partial charge < -0.3 is 4.84 Å². The van der Waals surface area contributed by atoms with E-state index in [9.17, 15) is 4.79 Å². The summed E-state index contributed by atoms with van der Waals surface area (Å²) in [4.78, 5) is 14.8. The summed E-state index contributed by atoms with van der Waals surface area (Å²) in [5.41, 5.74) is 0.133. The van der Waals surface area contributed by atoms with Crippen molar-refractivity contribution >= 4 is 5.97 Å². The maximum absolute atomic E-state index is 10.7. The first-order valence-electron chi connectivity index (χ1n) is 3.77. The Morgan fingerprint density at radius 3 is 2.27 bits per heavy atom. The van der Waals surface area contributed by atoms with Gasteiger partial charge in [0, 0.05) is 0 Å². The minimum atomic E-state index is -0.340. The van der Waals surface area contributed by atoms with Crippen LogP contribution in [0.25, 0.3) is 0 Å². The van der Waals surface area contributed by atoms with E-state index in [0.717, 1.165) is 0 Å². The number of hydrogen-bond acceptors (Lipinski definition) is 3. The van der Waals surface area contributed by atoms with Gasteiger partial charge in [-0.3, -0.25) is 4.79 Å². The molecule has 0 aliphatic rings. The largest absolute Gasteiger partial charge is 0.373 e. The number of nitrogens with two attached hydrogens (primary N) is 1. The zero-order chi connectivity index (χ0) is 9.07. The Morgan fingerprint density at radius 1 is 1.55 bits per heavy atom. The first-order chi connectivity index (χ1) is 4.88. The van der Waals surface area contributed by atoms with Crippen molar-refractivity contribution in [1.82, 2.24) is 0 Å². The molecular formula is C8H17NO2. The first kappa shape index (κ1) is 10.4.